The number of carbonyl (C=O) groups is 2. The van der Waals surface area contributed by atoms with Crippen molar-refractivity contribution in [2.75, 3.05) is 23.0 Å². The van der Waals surface area contributed by atoms with E-state index in [1.54, 1.807) is 24.8 Å². The number of aromatic nitrogens is 2. The number of nitrogens with zero attached hydrogens (tertiary/aromatic N) is 2. The van der Waals surface area contributed by atoms with Crippen LogP contribution in [0.5, 0.6) is 0 Å². The molecule has 0 N–H and O–H groups in total. The van der Waals surface area contributed by atoms with Crippen molar-refractivity contribution in [1.29, 1.82) is 0 Å². The first kappa shape index (κ1) is 26.6. The molecule has 0 saturated carbocycles. The summed E-state index contributed by atoms with van der Waals surface area (Å²) in [7, 11) is 0. The molecule has 0 aliphatic carbocycles. The van der Waals surface area contributed by atoms with Crippen LogP contribution in [0, 0.1) is 0 Å². The van der Waals surface area contributed by atoms with Crippen molar-refractivity contribution in [3.8, 4) is 0 Å². The van der Waals surface area contributed by atoms with E-state index in [0.29, 0.717) is 12.8 Å². The molecule has 6 heteroatoms. The maximum atomic E-state index is 12.0. The molecule has 4 nitrogen and oxygen atoms in total. The number of carbonyl (C=O) groups excluding carboxylic acids is 2. The van der Waals surface area contributed by atoms with Crippen molar-refractivity contribution < 1.29 is 9.59 Å². The molecule has 2 aromatic heterocycles. The van der Waals surface area contributed by atoms with E-state index in [4.69, 9.17) is 0 Å². The third-order valence-corrected chi connectivity index (χ3v) is 7.38. The Hall–Kier alpha value is -1.66. The summed E-state index contributed by atoms with van der Waals surface area (Å²) in [4.78, 5) is 32.0. The molecule has 0 aromatic carbocycles. The minimum absolute atomic E-state index is 0.197. The number of ketones is 2. The van der Waals surface area contributed by atoms with Gasteiger partial charge in [0.05, 0.1) is 0 Å². The van der Waals surface area contributed by atoms with Gasteiger partial charge in [0, 0.05) is 60.3 Å². The number of Topliss-reactive ketones (excluding diaryl/α,β-unsaturated/α-hetero) is 2. The first-order valence-corrected chi connectivity index (χ1v) is 14.1. The lowest BCUT2D eigenvalue weighted by molar-refractivity contribution is 0.0981. The molecule has 0 aliphatic heterocycles. The molecule has 0 saturated heterocycles. The van der Waals surface area contributed by atoms with E-state index in [0.717, 1.165) is 34.1 Å². The predicted molar refractivity (Wildman–Crippen MR) is 138 cm³/mol. The van der Waals surface area contributed by atoms with E-state index >= 15 is 0 Å². The summed E-state index contributed by atoms with van der Waals surface area (Å²) in [6, 6.07) is 7.31. The summed E-state index contributed by atoms with van der Waals surface area (Å²) in [6.07, 6.45) is 18.3. The van der Waals surface area contributed by atoms with Crippen LogP contribution in [0.2, 0.25) is 0 Å². The number of pyridine rings is 2. The molecule has 0 spiro atoms. The minimum Gasteiger partial charge on any atom is -0.294 e. The molecular weight excluding hydrogens is 436 g/mol. The number of thioether (sulfide) groups is 2. The van der Waals surface area contributed by atoms with Gasteiger partial charge in [0.1, 0.15) is 0 Å². The SMILES string of the molecule is O=C(CCSCCCCCCCCCCSCCC(=O)c1cccnc1)c1cccnc1. The van der Waals surface area contributed by atoms with Gasteiger partial charge >= 0.3 is 0 Å². The first-order chi connectivity index (χ1) is 15.8. The van der Waals surface area contributed by atoms with Gasteiger partial charge in [-0.2, -0.15) is 23.5 Å². The molecule has 32 heavy (non-hydrogen) atoms. The molecule has 2 aromatic rings. The predicted octanol–water partition coefficient (Wildman–Crippen LogP) is 6.91. The Balaban J connectivity index is 1.29. The molecule has 0 atom stereocenters. The zero-order chi connectivity index (χ0) is 22.7. The molecule has 0 bridgehead atoms. The summed E-state index contributed by atoms with van der Waals surface area (Å²) in [5.74, 6) is 4.51. The smallest absolute Gasteiger partial charge is 0.165 e. The standard InChI is InChI=1S/C26H36N2O2S2/c29-25(23-11-9-15-27-21-23)13-19-31-17-7-5-3-1-2-4-6-8-18-32-20-14-26(30)24-12-10-16-28-22-24/h9-12,15-16,21-22H,1-8,13-14,17-20H2. The van der Waals surface area contributed by atoms with Gasteiger partial charge in [0.2, 0.25) is 0 Å². The Morgan fingerprint density at radius 3 is 1.38 bits per heavy atom. The molecule has 174 valence electrons. The summed E-state index contributed by atoms with van der Waals surface area (Å²) in [5, 5.41) is 0. The van der Waals surface area contributed by atoms with Gasteiger partial charge in [-0.25, -0.2) is 0 Å². The highest BCUT2D eigenvalue weighted by molar-refractivity contribution is 7.99. The number of unbranched alkanes of at least 4 members (excludes halogenated alkanes) is 7. The fraction of sp³-hybridized carbons (Fsp3) is 0.538. The van der Waals surface area contributed by atoms with Crippen LogP contribution in [0.4, 0.5) is 0 Å². The van der Waals surface area contributed by atoms with Gasteiger partial charge in [0.25, 0.3) is 0 Å². The zero-order valence-corrected chi connectivity index (χ0v) is 20.7. The molecule has 0 radical (unpaired) electrons. The lowest BCUT2D eigenvalue weighted by Crippen LogP contribution is -2.01. The van der Waals surface area contributed by atoms with Gasteiger partial charge in [-0.15, -0.1) is 0 Å². The normalized spacial score (nSPS) is 10.9. The number of hydrogen-bond acceptors (Lipinski definition) is 6. The van der Waals surface area contributed by atoms with E-state index in [2.05, 4.69) is 9.97 Å². The first-order valence-electron chi connectivity index (χ1n) is 11.8. The minimum atomic E-state index is 0.197. The number of rotatable bonds is 19. The summed E-state index contributed by atoms with van der Waals surface area (Å²) < 4.78 is 0. The van der Waals surface area contributed by atoms with Gasteiger partial charge in [-0.3, -0.25) is 19.6 Å². The fourth-order valence-corrected chi connectivity index (χ4v) is 5.23. The Bertz CT molecular complexity index is 691. The zero-order valence-electron chi connectivity index (χ0n) is 19.0. The van der Waals surface area contributed by atoms with Crippen molar-refractivity contribution in [1.82, 2.24) is 9.97 Å². The summed E-state index contributed by atoms with van der Waals surface area (Å²) in [6.45, 7) is 0. The van der Waals surface area contributed by atoms with Crippen molar-refractivity contribution in [2.45, 2.75) is 64.2 Å². The highest BCUT2D eigenvalue weighted by Crippen LogP contribution is 2.15. The Morgan fingerprint density at radius 2 is 1.00 bits per heavy atom. The lowest BCUT2D eigenvalue weighted by Gasteiger charge is -2.04. The average molecular weight is 473 g/mol. The van der Waals surface area contributed by atoms with Crippen LogP contribution >= 0.6 is 23.5 Å². The van der Waals surface area contributed by atoms with Gasteiger partial charge in [-0.05, 0) is 48.6 Å². The highest BCUT2D eigenvalue weighted by Gasteiger charge is 2.06. The van der Waals surface area contributed by atoms with E-state index in [1.807, 2.05) is 47.8 Å². The van der Waals surface area contributed by atoms with Crippen LogP contribution in [0.3, 0.4) is 0 Å². The lowest BCUT2D eigenvalue weighted by atomic mass is 10.1. The van der Waals surface area contributed by atoms with E-state index < -0.39 is 0 Å². The average Bonchev–Trinajstić information content (AvgIpc) is 2.84. The van der Waals surface area contributed by atoms with Crippen LogP contribution in [0.25, 0.3) is 0 Å². The van der Waals surface area contributed by atoms with E-state index in [9.17, 15) is 9.59 Å². The van der Waals surface area contributed by atoms with Crippen LogP contribution in [-0.4, -0.2) is 44.5 Å². The van der Waals surface area contributed by atoms with E-state index in [-0.39, 0.29) is 11.6 Å². The van der Waals surface area contributed by atoms with Crippen molar-refractivity contribution >= 4 is 35.1 Å². The topological polar surface area (TPSA) is 59.9 Å². The van der Waals surface area contributed by atoms with Crippen molar-refractivity contribution in [3.63, 3.8) is 0 Å². The molecular formula is C26H36N2O2S2. The third kappa shape index (κ3) is 12.4. The van der Waals surface area contributed by atoms with Gasteiger partial charge < -0.3 is 0 Å². The third-order valence-electron chi connectivity index (χ3n) is 5.24. The Kier molecular flexibility index (Phi) is 14.8. The second kappa shape index (κ2) is 17.8. The van der Waals surface area contributed by atoms with Crippen LogP contribution in [0.15, 0.2) is 49.1 Å². The van der Waals surface area contributed by atoms with Gasteiger partial charge in [0.15, 0.2) is 11.6 Å². The Morgan fingerprint density at radius 1 is 0.594 bits per heavy atom. The van der Waals surface area contributed by atoms with E-state index in [1.165, 1.54) is 51.4 Å². The second-order valence-electron chi connectivity index (χ2n) is 7.88. The monoisotopic (exact) mass is 472 g/mol. The largest absolute Gasteiger partial charge is 0.294 e. The molecule has 0 aliphatic rings. The number of hydrogen-bond donors (Lipinski definition) is 0. The molecule has 0 amide bonds. The van der Waals surface area contributed by atoms with Crippen molar-refractivity contribution in [3.05, 3.63) is 60.2 Å². The molecule has 2 heterocycles. The van der Waals surface area contributed by atoms with Crippen molar-refractivity contribution in [2.24, 2.45) is 0 Å². The highest BCUT2D eigenvalue weighted by atomic mass is 32.2. The van der Waals surface area contributed by atoms with Gasteiger partial charge in [-0.1, -0.05) is 38.5 Å². The molecule has 0 fully saturated rings. The summed E-state index contributed by atoms with van der Waals surface area (Å²) in [5.41, 5.74) is 1.45. The van der Waals surface area contributed by atoms with Crippen LogP contribution in [-0.2, 0) is 0 Å². The fourth-order valence-electron chi connectivity index (χ4n) is 3.35. The quantitative estimate of drug-likeness (QED) is 0.163. The summed E-state index contributed by atoms with van der Waals surface area (Å²) >= 11 is 3.78. The van der Waals surface area contributed by atoms with Crippen LogP contribution in [0.1, 0.15) is 84.9 Å². The second-order valence-corrected chi connectivity index (χ2v) is 10.3. The Labute approximate surface area is 201 Å². The molecule has 2 rings (SSSR count). The molecule has 0 unspecified atom stereocenters. The maximum Gasteiger partial charge on any atom is 0.165 e. The maximum absolute atomic E-state index is 12.0. The van der Waals surface area contributed by atoms with Crippen LogP contribution < -0.4 is 0 Å².